The first-order chi connectivity index (χ1) is 21.4. The number of hydrogen-bond donors (Lipinski definition) is 2. The zero-order valence-corrected chi connectivity index (χ0v) is 25.0. The van der Waals surface area contributed by atoms with E-state index in [1.165, 1.54) is 31.7 Å². The molecule has 9 rings (SSSR count). The van der Waals surface area contributed by atoms with Gasteiger partial charge >= 0.3 is 6.01 Å². The molecule has 2 aromatic carbocycles. The summed E-state index contributed by atoms with van der Waals surface area (Å²) in [6.45, 7) is 3.83. The number of piperazine rings is 1. The number of rotatable bonds is 5. The number of fused-ring (bicyclic) bond motifs is 7. The Labute approximate surface area is 256 Å². The van der Waals surface area contributed by atoms with E-state index in [2.05, 4.69) is 20.0 Å². The van der Waals surface area contributed by atoms with Gasteiger partial charge in [-0.1, -0.05) is 18.6 Å². The van der Waals surface area contributed by atoms with Crippen LogP contribution in [0.1, 0.15) is 56.2 Å². The molecule has 10 heteroatoms. The first-order valence-electron chi connectivity index (χ1n) is 16.5. The number of nitrogens with one attached hydrogen (secondary N) is 1. The number of hydrogen-bond acceptors (Lipinski definition) is 8. The summed E-state index contributed by atoms with van der Waals surface area (Å²) in [6.07, 6.45) is 7.36. The third kappa shape index (κ3) is 4.35. The van der Waals surface area contributed by atoms with Crippen LogP contribution in [-0.2, 0) is 13.0 Å². The molecule has 6 aliphatic rings. The van der Waals surface area contributed by atoms with Crippen LogP contribution >= 0.6 is 0 Å². The van der Waals surface area contributed by atoms with E-state index in [0.717, 1.165) is 43.0 Å². The van der Waals surface area contributed by atoms with Crippen molar-refractivity contribution in [3.05, 3.63) is 47.4 Å². The minimum atomic E-state index is -0.817. The van der Waals surface area contributed by atoms with Crippen molar-refractivity contribution in [1.29, 1.82) is 0 Å². The fourth-order valence-corrected chi connectivity index (χ4v) is 9.73. The Hall–Kier alpha value is -3.24. The minimum absolute atomic E-state index is 0.112. The van der Waals surface area contributed by atoms with Crippen molar-refractivity contribution in [3.63, 3.8) is 0 Å². The molecule has 8 nitrogen and oxygen atoms in total. The highest BCUT2D eigenvalue weighted by Gasteiger charge is 2.58. The lowest BCUT2D eigenvalue weighted by atomic mass is 9.89. The maximum Gasteiger partial charge on any atom is 0.318 e. The summed E-state index contributed by atoms with van der Waals surface area (Å²) in [5.41, 5.74) is 2.38. The van der Waals surface area contributed by atoms with Gasteiger partial charge in [-0.3, -0.25) is 4.90 Å². The Morgan fingerprint density at radius 1 is 1.02 bits per heavy atom. The summed E-state index contributed by atoms with van der Waals surface area (Å²) in [7, 11) is 0. The summed E-state index contributed by atoms with van der Waals surface area (Å²) in [4.78, 5) is 17.0. The molecule has 0 radical (unpaired) electrons. The van der Waals surface area contributed by atoms with Gasteiger partial charge in [0.1, 0.15) is 30.2 Å². The molecule has 6 heterocycles. The van der Waals surface area contributed by atoms with Gasteiger partial charge in [-0.2, -0.15) is 9.97 Å². The van der Waals surface area contributed by atoms with E-state index in [0.29, 0.717) is 85.6 Å². The third-order valence-electron chi connectivity index (χ3n) is 11.5. The van der Waals surface area contributed by atoms with Crippen molar-refractivity contribution in [3.8, 4) is 11.8 Å². The standard InChI is InChI=1S/C34H40F2N6O2/c35-22-14-34(13-21-4-2-6-29(21)42(34)15-22)19-44-33-38-28-18-40(30-12-25(43)11-20-3-1-5-27(36)31(20)30)10-9-26(28)32(39-33)41-16-23-7-8-24(17-41)37-23/h1,3,5,11-12,21-24,29,37,43H,2,4,6-10,13-19H2/t21-,22-,23?,24?,29-,34-/m0/s1. The summed E-state index contributed by atoms with van der Waals surface area (Å²) in [5.74, 6) is 1.39. The lowest BCUT2D eigenvalue weighted by Crippen LogP contribution is -2.52. The quantitative estimate of drug-likeness (QED) is 0.435. The highest BCUT2D eigenvalue weighted by molar-refractivity contribution is 5.96. The number of phenols is 1. The number of halogens is 2. The van der Waals surface area contributed by atoms with Gasteiger partial charge in [0.05, 0.1) is 23.5 Å². The van der Waals surface area contributed by atoms with Gasteiger partial charge in [-0.15, -0.1) is 0 Å². The number of phenolic OH excluding ortho intramolecular Hbond substituents is 1. The highest BCUT2D eigenvalue weighted by atomic mass is 19.1. The number of benzene rings is 2. The molecule has 1 saturated carbocycles. The average Bonchev–Trinajstić information content (AvgIpc) is 3.75. The molecule has 2 N–H and O–H groups in total. The van der Waals surface area contributed by atoms with E-state index < -0.39 is 6.17 Å². The largest absolute Gasteiger partial charge is 0.508 e. The number of aromatic hydroxyl groups is 1. The summed E-state index contributed by atoms with van der Waals surface area (Å²) < 4.78 is 36.5. The maximum atomic E-state index is 15.1. The molecule has 6 atom stereocenters. The number of aromatic nitrogens is 2. The van der Waals surface area contributed by atoms with E-state index in [1.807, 2.05) is 6.07 Å². The Balaban J connectivity index is 1.07. The molecule has 1 aliphatic carbocycles. The monoisotopic (exact) mass is 602 g/mol. The molecule has 0 spiro atoms. The van der Waals surface area contributed by atoms with E-state index in [-0.39, 0.29) is 17.1 Å². The van der Waals surface area contributed by atoms with E-state index in [9.17, 15) is 9.50 Å². The average molecular weight is 603 g/mol. The molecular weight excluding hydrogens is 562 g/mol. The van der Waals surface area contributed by atoms with Crippen LogP contribution in [0.3, 0.4) is 0 Å². The third-order valence-corrected chi connectivity index (χ3v) is 11.5. The molecule has 5 fully saturated rings. The second-order valence-electron chi connectivity index (χ2n) is 14.2. The topological polar surface area (TPSA) is 77.0 Å². The van der Waals surface area contributed by atoms with Gasteiger partial charge in [0.25, 0.3) is 0 Å². The zero-order chi connectivity index (χ0) is 29.6. The number of nitrogens with zero attached hydrogens (tertiary/aromatic N) is 5. The van der Waals surface area contributed by atoms with Crippen LogP contribution in [0.5, 0.6) is 11.8 Å². The van der Waals surface area contributed by atoms with Gasteiger partial charge in [0, 0.05) is 67.7 Å². The van der Waals surface area contributed by atoms with Gasteiger partial charge in [-0.25, -0.2) is 8.78 Å². The number of anilines is 2. The van der Waals surface area contributed by atoms with Crippen molar-refractivity contribution >= 4 is 22.3 Å². The fraction of sp³-hybridized carbons (Fsp3) is 0.588. The summed E-state index contributed by atoms with van der Waals surface area (Å²) in [5, 5.41) is 15.4. The van der Waals surface area contributed by atoms with E-state index in [4.69, 9.17) is 14.7 Å². The number of alkyl halides is 1. The predicted molar refractivity (Wildman–Crippen MR) is 165 cm³/mol. The zero-order valence-electron chi connectivity index (χ0n) is 25.0. The highest BCUT2D eigenvalue weighted by Crippen LogP contribution is 2.52. The predicted octanol–water partition coefficient (Wildman–Crippen LogP) is 4.71. The van der Waals surface area contributed by atoms with E-state index in [1.54, 1.807) is 18.2 Å². The molecule has 2 bridgehead atoms. The number of ether oxygens (including phenoxy) is 1. The first kappa shape index (κ1) is 27.1. The maximum absolute atomic E-state index is 15.1. The van der Waals surface area contributed by atoms with Crippen molar-refractivity contribution in [2.24, 2.45) is 5.92 Å². The van der Waals surface area contributed by atoms with Gasteiger partial charge < -0.3 is 25.0 Å². The lowest BCUT2D eigenvalue weighted by molar-refractivity contribution is 0.0829. The summed E-state index contributed by atoms with van der Waals surface area (Å²) >= 11 is 0. The Bertz CT molecular complexity index is 1610. The van der Waals surface area contributed by atoms with Crippen LogP contribution in [0.15, 0.2) is 30.3 Å². The van der Waals surface area contributed by atoms with Crippen molar-refractivity contribution < 1.29 is 18.6 Å². The Morgan fingerprint density at radius 3 is 2.75 bits per heavy atom. The van der Waals surface area contributed by atoms with E-state index >= 15 is 4.39 Å². The molecular formula is C34H40F2N6O2. The van der Waals surface area contributed by atoms with Crippen LogP contribution in [0.25, 0.3) is 10.8 Å². The molecule has 5 aliphatic heterocycles. The second-order valence-corrected chi connectivity index (χ2v) is 14.2. The summed E-state index contributed by atoms with van der Waals surface area (Å²) in [6, 6.07) is 9.97. The van der Waals surface area contributed by atoms with Crippen LogP contribution < -0.4 is 19.9 Å². The minimum Gasteiger partial charge on any atom is -0.508 e. The molecule has 3 aromatic rings. The van der Waals surface area contributed by atoms with Crippen LogP contribution in [-0.4, -0.2) is 82.6 Å². The second kappa shape index (κ2) is 10.1. The van der Waals surface area contributed by atoms with Crippen LogP contribution in [0.2, 0.25) is 0 Å². The Morgan fingerprint density at radius 2 is 1.89 bits per heavy atom. The van der Waals surface area contributed by atoms with Gasteiger partial charge in [-0.05, 0) is 62.0 Å². The van der Waals surface area contributed by atoms with Gasteiger partial charge in [0.2, 0.25) is 0 Å². The smallest absolute Gasteiger partial charge is 0.318 e. The first-order valence-corrected chi connectivity index (χ1v) is 16.5. The SMILES string of the molecule is Oc1cc(N2CCc3c(nc(OC[C@]45C[C@H](F)CN4[C@H]4CCC[C@H]4C5)nc3N3CC4CCC(C3)N4)C2)c2c(F)cccc2c1. The Kier molecular flexibility index (Phi) is 6.24. The molecule has 44 heavy (non-hydrogen) atoms. The fourth-order valence-electron chi connectivity index (χ4n) is 9.73. The van der Waals surface area contributed by atoms with Crippen molar-refractivity contribution in [1.82, 2.24) is 20.2 Å². The van der Waals surface area contributed by atoms with Crippen LogP contribution in [0, 0.1) is 11.7 Å². The molecule has 4 saturated heterocycles. The van der Waals surface area contributed by atoms with Crippen molar-refractivity contribution in [2.45, 2.75) is 87.7 Å². The van der Waals surface area contributed by atoms with Crippen LogP contribution in [0.4, 0.5) is 20.3 Å². The normalized spacial score (nSPS) is 32.7. The van der Waals surface area contributed by atoms with Gasteiger partial charge in [0.15, 0.2) is 0 Å². The molecule has 1 aromatic heterocycles. The molecule has 2 unspecified atom stereocenters. The van der Waals surface area contributed by atoms with Crippen molar-refractivity contribution in [2.75, 3.05) is 42.6 Å². The lowest BCUT2D eigenvalue weighted by Gasteiger charge is -2.38. The molecule has 0 amide bonds. The molecule has 232 valence electrons.